The minimum atomic E-state index is -4.36. The number of nitrogens with one attached hydrogen (secondary N) is 1. The molecule has 1 amide bonds. The summed E-state index contributed by atoms with van der Waals surface area (Å²) in [7, 11) is 0. The van der Waals surface area contributed by atoms with Gasteiger partial charge in [-0.3, -0.25) is 4.79 Å². The van der Waals surface area contributed by atoms with E-state index in [2.05, 4.69) is 5.73 Å². The Morgan fingerprint density at radius 1 is 1.42 bits per heavy atom. The van der Waals surface area contributed by atoms with Crippen LogP contribution in [0.5, 0.6) is 0 Å². The molecular weight excluding hydrogens is 173 g/mol. The van der Waals surface area contributed by atoms with Crippen molar-refractivity contribution in [3.05, 3.63) is 0 Å². The summed E-state index contributed by atoms with van der Waals surface area (Å²) in [6, 6.07) is 0. The lowest BCUT2D eigenvalue weighted by Crippen LogP contribution is -2.75. The molecular formula is C6H12F3N2O+. The van der Waals surface area contributed by atoms with Crippen LogP contribution in [0.4, 0.5) is 13.2 Å². The molecule has 6 heteroatoms. The fourth-order valence-electron chi connectivity index (χ4n) is 0.420. The summed E-state index contributed by atoms with van der Waals surface area (Å²) >= 11 is 0. The number of amides is 1. The van der Waals surface area contributed by atoms with Gasteiger partial charge in [-0.2, -0.15) is 13.2 Å². The molecule has 0 fully saturated rings. The van der Waals surface area contributed by atoms with Crippen LogP contribution >= 0.6 is 0 Å². The zero-order chi connectivity index (χ0) is 9.99. The number of hydrogen-bond donors (Lipinski definition) is 2. The summed E-state index contributed by atoms with van der Waals surface area (Å²) < 4.78 is 34.7. The molecule has 0 aliphatic carbocycles. The van der Waals surface area contributed by atoms with E-state index < -0.39 is 24.2 Å². The van der Waals surface area contributed by atoms with E-state index in [4.69, 9.17) is 0 Å². The number of halogens is 3. The van der Waals surface area contributed by atoms with Gasteiger partial charge in [-0.15, -0.1) is 0 Å². The molecule has 0 saturated carbocycles. The Bertz CT molecular complexity index is 171. The summed E-state index contributed by atoms with van der Waals surface area (Å²) in [5, 5.41) is 1.74. The molecule has 0 aromatic carbocycles. The average molecular weight is 185 g/mol. The second-order valence-electron chi connectivity index (χ2n) is 3.18. The summed E-state index contributed by atoms with van der Waals surface area (Å²) in [6.45, 7) is 1.59. The molecule has 0 heterocycles. The molecule has 3 nitrogen and oxygen atoms in total. The lowest BCUT2D eigenvalue weighted by atomic mass is 10.1. The normalized spacial score (nSPS) is 12.8. The van der Waals surface area contributed by atoms with Crippen LogP contribution < -0.4 is 11.1 Å². The van der Waals surface area contributed by atoms with Gasteiger partial charge in [-0.1, -0.05) is 0 Å². The molecule has 12 heavy (non-hydrogen) atoms. The van der Waals surface area contributed by atoms with Gasteiger partial charge in [0.25, 0.3) is 5.91 Å². The van der Waals surface area contributed by atoms with Crippen LogP contribution in [0.15, 0.2) is 0 Å². The van der Waals surface area contributed by atoms with Gasteiger partial charge < -0.3 is 11.1 Å². The van der Waals surface area contributed by atoms with Crippen LogP contribution in [0.1, 0.15) is 13.8 Å². The van der Waals surface area contributed by atoms with Crippen molar-refractivity contribution >= 4 is 5.91 Å². The van der Waals surface area contributed by atoms with Crippen LogP contribution in [0, 0.1) is 0 Å². The molecule has 0 radical (unpaired) electrons. The molecule has 0 rings (SSSR count). The molecule has 0 aliphatic rings. The first-order valence-electron chi connectivity index (χ1n) is 3.33. The predicted molar refractivity (Wildman–Crippen MR) is 36.0 cm³/mol. The minimum absolute atomic E-state index is 0.708. The SMILES string of the molecule is CC(C)([NH3+])C(=O)NCC(F)(F)F. The quantitative estimate of drug-likeness (QED) is 0.609. The van der Waals surface area contributed by atoms with Crippen LogP contribution in [0.2, 0.25) is 0 Å². The van der Waals surface area contributed by atoms with E-state index in [0.717, 1.165) is 0 Å². The van der Waals surface area contributed by atoms with E-state index >= 15 is 0 Å². The molecule has 0 atom stereocenters. The standard InChI is InChI=1S/C6H11F3N2O/c1-5(2,10)4(12)11-3-6(7,8)9/h3,10H2,1-2H3,(H,11,12)/p+1. The highest BCUT2D eigenvalue weighted by Gasteiger charge is 2.32. The highest BCUT2D eigenvalue weighted by Crippen LogP contribution is 2.12. The van der Waals surface area contributed by atoms with Crippen molar-refractivity contribution in [3.63, 3.8) is 0 Å². The van der Waals surface area contributed by atoms with Crippen molar-refractivity contribution in [2.45, 2.75) is 25.6 Å². The van der Waals surface area contributed by atoms with Gasteiger partial charge in [0.1, 0.15) is 6.54 Å². The molecule has 0 unspecified atom stereocenters. The molecule has 0 aliphatic heterocycles. The topological polar surface area (TPSA) is 56.7 Å². The Balaban J connectivity index is 3.90. The van der Waals surface area contributed by atoms with Gasteiger partial charge in [0.2, 0.25) is 0 Å². The van der Waals surface area contributed by atoms with Gasteiger partial charge >= 0.3 is 6.18 Å². The van der Waals surface area contributed by atoms with Crippen LogP contribution in [0.3, 0.4) is 0 Å². The summed E-state index contributed by atoms with van der Waals surface area (Å²) in [5.74, 6) is -0.708. The van der Waals surface area contributed by atoms with E-state index in [-0.39, 0.29) is 0 Å². The first-order chi connectivity index (χ1) is 5.13. The maximum Gasteiger partial charge on any atom is 0.405 e. The van der Waals surface area contributed by atoms with E-state index in [1.807, 2.05) is 0 Å². The molecule has 0 aromatic rings. The summed E-state index contributed by atoms with van der Waals surface area (Å²) in [4.78, 5) is 10.8. The van der Waals surface area contributed by atoms with Crippen molar-refractivity contribution in [1.82, 2.24) is 5.32 Å². The van der Waals surface area contributed by atoms with Crippen molar-refractivity contribution < 1.29 is 23.7 Å². The van der Waals surface area contributed by atoms with E-state index in [1.54, 1.807) is 5.32 Å². The predicted octanol–water partition coefficient (Wildman–Crippen LogP) is -0.315. The van der Waals surface area contributed by atoms with Gasteiger partial charge in [-0.05, 0) is 13.8 Å². The number of carbonyl (C=O) groups is 1. The summed E-state index contributed by atoms with van der Waals surface area (Å²) in [5.41, 5.74) is 2.37. The smallest absolute Gasteiger partial charge is 0.345 e. The third-order valence-electron chi connectivity index (χ3n) is 1.06. The monoisotopic (exact) mass is 185 g/mol. The number of hydrogen-bond acceptors (Lipinski definition) is 1. The van der Waals surface area contributed by atoms with Gasteiger partial charge in [0.05, 0.1) is 0 Å². The number of quaternary nitrogens is 1. The van der Waals surface area contributed by atoms with Gasteiger partial charge in [0, 0.05) is 0 Å². The molecule has 0 saturated heterocycles. The zero-order valence-electron chi connectivity index (χ0n) is 6.96. The third kappa shape index (κ3) is 4.95. The number of rotatable bonds is 2. The second kappa shape index (κ2) is 3.30. The second-order valence-corrected chi connectivity index (χ2v) is 3.18. The average Bonchev–Trinajstić information content (AvgIpc) is 1.78. The van der Waals surface area contributed by atoms with Crippen LogP contribution in [-0.2, 0) is 4.79 Å². The fraction of sp³-hybridized carbons (Fsp3) is 0.833. The van der Waals surface area contributed by atoms with Gasteiger partial charge in [0.15, 0.2) is 5.54 Å². The van der Waals surface area contributed by atoms with Gasteiger partial charge in [-0.25, -0.2) is 0 Å². The maximum atomic E-state index is 11.6. The Labute approximate surface area is 68.1 Å². The Morgan fingerprint density at radius 3 is 2.08 bits per heavy atom. The van der Waals surface area contributed by atoms with Crippen LogP contribution in [-0.4, -0.2) is 24.2 Å². The van der Waals surface area contributed by atoms with Crippen molar-refractivity contribution in [2.75, 3.05) is 6.54 Å². The number of alkyl halides is 3. The Hall–Kier alpha value is -0.780. The van der Waals surface area contributed by atoms with Crippen molar-refractivity contribution in [1.29, 1.82) is 0 Å². The molecule has 0 bridgehead atoms. The van der Waals surface area contributed by atoms with E-state index in [0.29, 0.717) is 0 Å². The van der Waals surface area contributed by atoms with Crippen LogP contribution in [0.25, 0.3) is 0 Å². The Morgan fingerprint density at radius 2 is 1.83 bits per heavy atom. The lowest BCUT2D eigenvalue weighted by molar-refractivity contribution is -0.446. The third-order valence-corrected chi connectivity index (χ3v) is 1.06. The lowest BCUT2D eigenvalue weighted by Gasteiger charge is -2.15. The first-order valence-corrected chi connectivity index (χ1v) is 3.33. The molecule has 4 N–H and O–H groups in total. The first kappa shape index (κ1) is 11.2. The fourth-order valence-corrected chi connectivity index (χ4v) is 0.420. The maximum absolute atomic E-state index is 11.6. The highest BCUT2D eigenvalue weighted by atomic mass is 19.4. The van der Waals surface area contributed by atoms with Crippen molar-refractivity contribution in [2.24, 2.45) is 0 Å². The molecule has 0 spiro atoms. The zero-order valence-corrected chi connectivity index (χ0v) is 6.96. The molecule has 72 valence electrons. The van der Waals surface area contributed by atoms with E-state index in [9.17, 15) is 18.0 Å². The summed E-state index contributed by atoms with van der Waals surface area (Å²) in [6.07, 6.45) is -4.36. The minimum Gasteiger partial charge on any atom is -0.345 e. The molecule has 0 aromatic heterocycles. The van der Waals surface area contributed by atoms with E-state index in [1.165, 1.54) is 13.8 Å². The number of carbonyl (C=O) groups excluding carboxylic acids is 1. The Kier molecular flexibility index (Phi) is 3.09. The van der Waals surface area contributed by atoms with Crippen molar-refractivity contribution in [3.8, 4) is 0 Å². The largest absolute Gasteiger partial charge is 0.405 e. The highest BCUT2D eigenvalue weighted by molar-refractivity contribution is 5.83.